The van der Waals surface area contributed by atoms with Gasteiger partial charge in [-0.1, -0.05) is 28.1 Å². The Morgan fingerprint density at radius 3 is 2.73 bits per heavy atom. The van der Waals surface area contributed by atoms with Crippen LogP contribution in [0.5, 0.6) is 0 Å². The lowest BCUT2D eigenvalue weighted by atomic mass is 9.91. The van der Waals surface area contributed by atoms with Crippen molar-refractivity contribution in [3.05, 3.63) is 34.3 Å². The summed E-state index contributed by atoms with van der Waals surface area (Å²) < 4.78 is 6.25. The molecule has 4 N–H and O–H groups in total. The quantitative estimate of drug-likeness (QED) is 0.710. The number of nitrogens with two attached hydrogens (primary N) is 1. The molecule has 122 valence electrons. The highest BCUT2D eigenvalue weighted by molar-refractivity contribution is 9.10. The highest BCUT2D eigenvalue weighted by Crippen LogP contribution is 2.22. The summed E-state index contributed by atoms with van der Waals surface area (Å²) in [6, 6.07) is 7.50. The second-order valence-corrected chi connectivity index (χ2v) is 7.05. The first kappa shape index (κ1) is 17.4. The number of rotatable bonds is 6. The van der Waals surface area contributed by atoms with Crippen molar-refractivity contribution in [2.75, 3.05) is 26.8 Å². The summed E-state index contributed by atoms with van der Waals surface area (Å²) in [7, 11) is 1.68. The molecule has 1 saturated heterocycles. The third-order valence-electron chi connectivity index (χ3n) is 4.26. The van der Waals surface area contributed by atoms with E-state index in [2.05, 4.69) is 26.6 Å². The Bertz CT molecular complexity index is 511. The van der Waals surface area contributed by atoms with Crippen molar-refractivity contribution < 1.29 is 9.53 Å². The smallest absolute Gasteiger partial charge is 0.244 e. The summed E-state index contributed by atoms with van der Waals surface area (Å²) >= 11 is 3.39. The van der Waals surface area contributed by atoms with E-state index in [4.69, 9.17) is 10.5 Å². The number of carbonyl (C=O) groups is 1. The SMILES string of the molecule is COCC1(CNC(=O)C(C)(N)c2ccc(Br)cc2)CCCN1. The zero-order valence-electron chi connectivity index (χ0n) is 13.1. The second kappa shape index (κ2) is 7.08. The summed E-state index contributed by atoms with van der Waals surface area (Å²) in [4.78, 5) is 12.5. The van der Waals surface area contributed by atoms with Gasteiger partial charge < -0.3 is 21.1 Å². The molecule has 2 rings (SSSR count). The Labute approximate surface area is 140 Å². The minimum Gasteiger partial charge on any atom is -0.383 e. The fourth-order valence-electron chi connectivity index (χ4n) is 2.83. The normalized spacial score (nSPS) is 24.0. The Morgan fingerprint density at radius 1 is 1.50 bits per heavy atom. The molecule has 22 heavy (non-hydrogen) atoms. The summed E-state index contributed by atoms with van der Waals surface area (Å²) in [6.07, 6.45) is 2.08. The van der Waals surface area contributed by atoms with Gasteiger partial charge in [0.1, 0.15) is 5.54 Å². The highest BCUT2D eigenvalue weighted by atomic mass is 79.9. The maximum atomic E-state index is 12.5. The van der Waals surface area contributed by atoms with Crippen LogP contribution in [0.15, 0.2) is 28.7 Å². The number of ether oxygens (including phenoxy) is 1. The molecular formula is C16H24BrN3O2. The first-order chi connectivity index (χ1) is 10.4. The van der Waals surface area contributed by atoms with Crippen LogP contribution in [0.2, 0.25) is 0 Å². The zero-order valence-corrected chi connectivity index (χ0v) is 14.7. The van der Waals surface area contributed by atoms with Crippen molar-refractivity contribution >= 4 is 21.8 Å². The van der Waals surface area contributed by atoms with Crippen molar-refractivity contribution in [1.29, 1.82) is 0 Å². The van der Waals surface area contributed by atoms with E-state index in [0.717, 1.165) is 29.4 Å². The van der Waals surface area contributed by atoms with Crippen LogP contribution >= 0.6 is 15.9 Å². The van der Waals surface area contributed by atoms with E-state index < -0.39 is 5.54 Å². The number of benzene rings is 1. The van der Waals surface area contributed by atoms with Gasteiger partial charge in [-0.25, -0.2) is 0 Å². The van der Waals surface area contributed by atoms with Crippen LogP contribution < -0.4 is 16.4 Å². The molecule has 1 aromatic carbocycles. The van der Waals surface area contributed by atoms with Gasteiger partial charge in [0.25, 0.3) is 0 Å². The lowest BCUT2D eigenvalue weighted by Gasteiger charge is -2.31. The van der Waals surface area contributed by atoms with Crippen LogP contribution in [0.3, 0.4) is 0 Å². The lowest BCUT2D eigenvalue weighted by Crippen LogP contribution is -2.57. The maximum absolute atomic E-state index is 12.5. The number of hydrogen-bond donors (Lipinski definition) is 3. The van der Waals surface area contributed by atoms with E-state index in [1.807, 2.05) is 24.3 Å². The number of hydrogen-bond acceptors (Lipinski definition) is 4. The van der Waals surface area contributed by atoms with Crippen LogP contribution in [0, 0.1) is 0 Å². The molecule has 6 heteroatoms. The van der Waals surface area contributed by atoms with E-state index >= 15 is 0 Å². The molecule has 1 aliphatic rings. The largest absolute Gasteiger partial charge is 0.383 e. The summed E-state index contributed by atoms with van der Waals surface area (Å²) in [6.45, 7) is 3.78. The molecule has 1 aliphatic heterocycles. The molecule has 0 bridgehead atoms. The van der Waals surface area contributed by atoms with E-state index in [1.165, 1.54) is 0 Å². The number of amides is 1. The number of carbonyl (C=O) groups excluding carboxylic acids is 1. The monoisotopic (exact) mass is 369 g/mol. The van der Waals surface area contributed by atoms with Crippen molar-refractivity contribution in [3.8, 4) is 0 Å². The predicted molar refractivity (Wildman–Crippen MR) is 90.5 cm³/mol. The molecule has 2 unspecified atom stereocenters. The summed E-state index contributed by atoms with van der Waals surface area (Å²) in [5, 5.41) is 6.42. The third-order valence-corrected chi connectivity index (χ3v) is 4.78. The minimum absolute atomic E-state index is 0.180. The Hall–Kier alpha value is -0.950. The maximum Gasteiger partial charge on any atom is 0.244 e. The van der Waals surface area contributed by atoms with E-state index in [9.17, 15) is 4.79 Å². The van der Waals surface area contributed by atoms with Crippen LogP contribution in [0.25, 0.3) is 0 Å². The van der Waals surface area contributed by atoms with Gasteiger partial charge >= 0.3 is 0 Å². The average molecular weight is 370 g/mol. The van der Waals surface area contributed by atoms with E-state index in [0.29, 0.717) is 13.2 Å². The van der Waals surface area contributed by atoms with Gasteiger partial charge in [-0.15, -0.1) is 0 Å². The first-order valence-corrected chi connectivity index (χ1v) is 8.26. The van der Waals surface area contributed by atoms with Gasteiger partial charge in [0.2, 0.25) is 5.91 Å². The van der Waals surface area contributed by atoms with Crippen LogP contribution in [-0.4, -0.2) is 38.3 Å². The predicted octanol–water partition coefficient (Wildman–Crippen LogP) is 1.51. The van der Waals surface area contributed by atoms with Crippen molar-refractivity contribution in [3.63, 3.8) is 0 Å². The van der Waals surface area contributed by atoms with E-state index in [1.54, 1.807) is 14.0 Å². The van der Waals surface area contributed by atoms with Crippen LogP contribution in [0.4, 0.5) is 0 Å². The number of methoxy groups -OCH3 is 1. The van der Waals surface area contributed by atoms with Gasteiger partial charge in [0.05, 0.1) is 12.1 Å². The van der Waals surface area contributed by atoms with Crippen molar-refractivity contribution in [1.82, 2.24) is 10.6 Å². The standard InChI is InChI=1S/C16H24BrN3O2/c1-15(18,12-4-6-13(17)7-5-12)14(21)19-10-16(11-22-2)8-3-9-20-16/h4-7,20H,3,8-11,18H2,1-2H3,(H,19,21). The molecule has 1 heterocycles. The molecular weight excluding hydrogens is 346 g/mol. The number of nitrogens with one attached hydrogen (secondary N) is 2. The first-order valence-electron chi connectivity index (χ1n) is 7.47. The van der Waals surface area contributed by atoms with Crippen LogP contribution in [0.1, 0.15) is 25.3 Å². The summed E-state index contributed by atoms with van der Waals surface area (Å²) in [5.74, 6) is -0.181. The average Bonchev–Trinajstić information content (AvgIpc) is 2.94. The second-order valence-electron chi connectivity index (χ2n) is 6.14. The Kier molecular flexibility index (Phi) is 5.60. The Balaban J connectivity index is 2.02. The van der Waals surface area contributed by atoms with Crippen molar-refractivity contribution in [2.45, 2.75) is 30.8 Å². The molecule has 1 aromatic rings. The molecule has 0 aliphatic carbocycles. The fourth-order valence-corrected chi connectivity index (χ4v) is 3.09. The molecule has 5 nitrogen and oxygen atoms in total. The molecule has 0 aromatic heterocycles. The minimum atomic E-state index is -1.06. The van der Waals surface area contributed by atoms with Gasteiger partial charge in [-0.3, -0.25) is 4.79 Å². The fraction of sp³-hybridized carbons (Fsp3) is 0.562. The molecule has 0 radical (unpaired) electrons. The number of halogens is 1. The van der Waals surface area contributed by atoms with Crippen LogP contribution in [-0.2, 0) is 15.1 Å². The highest BCUT2D eigenvalue weighted by Gasteiger charge is 2.36. The molecule has 1 amide bonds. The topological polar surface area (TPSA) is 76.4 Å². The zero-order chi connectivity index (χ0) is 16.2. The molecule has 2 atom stereocenters. The van der Waals surface area contributed by atoms with Gasteiger partial charge in [-0.2, -0.15) is 0 Å². The Morgan fingerprint density at radius 2 is 2.18 bits per heavy atom. The molecule has 0 spiro atoms. The molecule has 1 fully saturated rings. The van der Waals surface area contributed by atoms with Gasteiger partial charge in [-0.05, 0) is 44.0 Å². The third kappa shape index (κ3) is 3.87. The van der Waals surface area contributed by atoms with Gasteiger partial charge in [0, 0.05) is 18.1 Å². The van der Waals surface area contributed by atoms with Gasteiger partial charge in [0.15, 0.2) is 0 Å². The molecule has 0 saturated carbocycles. The lowest BCUT2D eigenvalue weighted by molar-refractivity contribution is -0.126. The van der Waals surface area contributed by atoms with E-state index in [-0.39, 0.29) is 11.4 Å². The van der Waals surface area contributed by atoms with Crippen molar-refractivity contribution in [2.24, 2.45) is 5.73 Å². The summed E-state index contributed by atoms with van der Waals surface area (Å²) in [5.41, 5.74) is 5.80.